The number of aryl methyl sites for hydroxylation is 2. The number of aromatic nitrogens is 1. The second-order valence-corrected chi connectivity index (χ2v) is 10.3. The number of piperazine rings is 1. The van der Waals surface area contributed by atoms with Crippen molar-refractivity contribution in [1.29, 1.82) is 0 Å². The van der Waals surface area contributed by atoms with Crippen molar-refractivity contribution in [3.8, 4) is 0 Å². The van der Waals surface area contributed by atoms with E-state index < -0.39 is 10.0 Å². The van der Waals surface area contributed by atoms with Gasteiger partial charge in [0, 0.05) is 32.3 Å². The number of sulfonamides is 1. The molecule has 1 saturated heterocycles. The van der Waals surface area contributed by atoms with Crippen LogP contribution >= 0.6 is 11.3 Å². The predicted molar refractivity (Wildman–Crippen MR) is 120 cm³/mol. The number of amides is 1. The van der Waals surface area contributed by atoms with E-state index in [4.69, 9.17) is 0 Å². The van der Waals surface area contributed by atoms with Crippen molar-refractivity contribution in [3.63, 3.8) is 0 Å². The van der Waals surface area contributed by atoms with Crippen LogP contribution in [0.4, 0.5) is 0 Å². The van der Waals surface area contributed by atoms with Gasteiger partial charge in [-0.3, -0.25) is 4.79 Å². The van der Waals surface area contributed by atoms with Crippen LogP contribution in [-0.4, -0.2) is 54.7 Å². The number of para-hydroxylation sites is 1. The van der Waals surface area contributed by atoms with Gasteiger partial charge in [0.05, 0.1) is 15.1 Å². The van der Waals surface area contributed by atoms with Crippen molar-refractivity contribution in [2.45, 2.75) is 18.7 Å². The molecule has 0 aliphatic carbocycles. The number of carbonyl (C=O) groups is 1. The molecule has 0 radical (unpaired) electrons. The van der Waals surface area contributed by atoms with Gasteiger partial charge in [0.2, 0.25) is 15.9 Å². The number of hydrogen-bond acceptors (Lipinski definition) is 5. The molecular formula is C22H23N3O3S2. The van der Waals surface area contributed by atoms with Crippen molar-refractivity contribution >= 4 is 43.6 Å². The fourth-order valence-corrected chi connectivity index (χ4v) is 6.08. The van der Waals surface area contributed by atoms with Crippen LogP contribution in [0, 0.1) is 13.8 Å². The van der Waals surface area contributed by atoms with Gasteiger partial charge in [0.15, 0.2) is 0 Å². The Balaban J connectivity index is 1.40. The maximum absolute atomic E-state index is 13.0. The lowest BCUT2D eigenvalue weighted by atomic mass is 10.2. The number of thiazole rings is 1. The largest absolute Gasteiger partial charge is 0.337 e. The second kappa shape index (κ2) is 8.29. The topological polar surface area (TPSA) is 70.6 Å². The van der Waals surface area contributed by atoms with Gasteiger partial charge in [0.25, 0.3) is 0 Å². The molecule has 0 N–H and O–H groups in total. The van der Waals surface area contributed by atoms with E-state index in [0.29, 0.717) is 18.0 Å². The molecule has 0 bridgehead atoms. The van der Waals surface area contributed by atoms with Gasteiger partial charge in [-0.15, -0.1) is 11.3 Å². The number of nitrogens with zero attached hydrogens (tertiary/aromatic N) is 3. The summed E-state index contributed by atoms with van der Waals surface area (Å²) in [6, 6.07) is 13.2. The molecule has 1 fully saturated rings. The van der Waals surface area contributed by atoms with E-state index in [2.05, 4.69) is 4.98 Å². The summed E-state index contributed by atoms with van der Waals surface area (Å²) in [5, 5.41) is 0.778. The zero-order valence-corrected chi connectivity index (χ0v) is 18.5. The molecule has 6 nitrogen and oxygen atoms in total. The van der Waals surface area contributed by atoms with Gasteiger partial charge < -0.3 is 4.90 Å². The average Bonchev–Trinajstić information content (AvgIpc) is 3.15. The minimum absolute atomic E-state index is 0.127. The summed E-state index contributed by atoms with van der Waals surface area (Å²) < 4.78 is 28.5. The van der Waals surface area contributed by atoms with E-state index >= 15 is 0 Å². The molecule has 3 aromatic rings. The fraction of sp³-hybridized carbons (Fsp3) is 0.273. The van der Waals surface area contributed by atoms with Gasteiger partial charge in [-0.2, -0.15) is 4.31 Å². The minimum Gasteiger partial charge on any atom is -0.337 e. The monoisotopic (exact) mass is 441 g/mol. The fourth-order valence-electron chi connectivity index (χ4n) is 3.59. The predicted octanol–water partition coefficient (Wildman–Crippen LogP) is 3.46. The molecular weight excluding hydrogens is 418 g/mol. The number of fused-ring (bicyclic) bond motifs is 1. The van der Waals surface area contributed by atoms with Crippen LogP contribution in [0.2, 0.25) is 0 Å². The van der Waals surface area contributed by atoms with Crippen molar-refractivity contribution in [2.24, 2.45) is 0 Å². The van der Waals surface area contributed by atoms with Gasteiger partial charge in [-0.05, 0) is 43.7 Å². The number of rotatable bonds is 4. The van der Waals surface area contributed by atoms with Crippen LogP contribution in [0.5, 0.6) is 0 Å². The van der Waals surface area contributed by atoms with Crippen LogP contribution in [0.3, 0.4) is 0 Å². The Hall–Kier alpha value is -2.55. The molecule has 1 aliphatic rings. The molecule has 30 heavy (non-hydrogen) atoms. The van der Waals surface area contributed by atoms with Gasteiger partial charge in [0.1, 0.15) is 5.01 Å². The minimum atomic E-state index is -3.56. The Morgan fingerprint density at radius 3 is 2.50 bits per heavy atom. The highest BCUT2D eigenvalue weighted by Crippen LogP contribution is 2.24. The van der Waals surface area contributed by atoms with E-state index in [9.17, 15) is 13.2 Å². The molecule has 2 heterocycles. The standard InChI is InChI=1S/C22H23N3O3S2/c1-16-7-8-20(17(2)15-16)30(27,28)25-13-11-24(12-14-25)22(26)10-9-21-23-18-5-3-4-6-19(18)29-21/h3-10,15H,11-14H2,1-2H3/b10-9+. The molecule has 1 aromatic heterocycles. The molecule has 156 valence electrons. The third-order valence-corrected chi connectivity index (χ3v) is 8.24. The van der Waals surface area contributed by atoms with E-state index in [0.717, 1.165) is 26.4 Å². The lowest BCUT2D eigenvalue weighted by Crippen LogP contribution is -2.50. The summed E-state index contributed by atoms with van der Waals surface area (Å²) in [7, 11) is -3.56. The zero-order valence-electron chi connectivity index (χ0n) is 16.9. The quantitative estimate of drug-likeness (QED) is 0.582. The first-order valence-corrected chi connectivity index (χ1v) is 12.0. The Kier molecular flexibility index (Phi) is 5.73. The molecule has 0 atom stereocenters. The second-order valence-electron chi connectivity index (χ2n) is 7.35. The molecule has 1 aliphatic heterocycles. The summed E-state index contributed by atoms with van der Waals surface area (Å²) in [5.74, 6) is -0.127. The third kappa shape index (κ3) is 4.16. The lowest BCUT2D eigenvalue weighted by molar-refractivity contribution is -0.127. The molecule has 0 unspecified atom stereocenters. The maximum atomic E-state index is 13.0. The molecule has 0 spiro atoms. The lowest BCUT2D eigenvalue weighted by Gasteiger charge is -2.33. The van der Waals surface area contributed by atoms with E-state index in [1.807, 2.05) is 50.2 Å². The van der Waals surface area contributed by atoms with Crippen molar-refractivity contribution < 1.29 is 13.2 Å². The summed E-state index contributed by atoms with van der Waals surface area (Å²) in [4.78, 5) is 19.1. The molecule has 0 saturated carbocycles. The summed E-state index contributed by atoms with van der Waals surface area (Å²) >= 11 is 1.53. The summed E-state index contributed by atoms with van der Waals surface area (Å²) in [6.07, 6.45) is 3.25. The highest BCUT2D eigenvalue weighted by Gasteiger charge is 2.30. The highest BCUT2D eigenvalue weighted by atomic mass is 32.2. The van der Waals surface area contributed by atoms with Crippen LogP contribution in [-0.2, 0) is 14.8 Å². The highest BCUT2D eigenvalue weighted by molar-refractivity contribution is 7.89. The summed E-state index contributed by atoms with van der Waals surface area (Å²) in [6.45, 7) is 5.06. The van der Waals surface area contributed by atoms with Crippen LogP contribution in [0.25, 0.3) is 16.3 Å². The first kappa shape index (κ1) is 20.7. The first-order valence-electron chi connectivity index (χ1n) is 9.74. The smallest absolute Gasteiger partial charge is 0.246 e. The average molecular weight is 442 g/mol. The van der Waals surface area contributed by atoms with Crippen molar-refractivity contribution in [2.75, 3.05) is 26.2 Å². The first-order chi connectivity index (χ1) is 14.3. The Bertz CT molecular complexity index is 1190. The van der Waals surface area contributed by atoms with Crippen molar-refractivity contribution in [1.82, 2.24) is 14.2 Å². The molecule has 1 amide bonds. The number of benzene rings is 2. The third-order valence-electron chi connectivity index (χ3n) is 5.18. The van der Waals surface area contributed by atoms with Gasteiger partial charge in [-0.1, -0.05) is 29.8 Å². The molecule has 2 aromatic carbocycles. The SMILES string of the molecule is Cc1ccc(S(=O)(=O)N2CCN(C(=O)/C=C/c3nc4ccccc4s3)CC2)c(C)c1. The van der Waals surface area contributed by atoms with E-state index in [1.54, 1.807) is 17.0 Å². The van der Waals surface area contributed by atoms with Crippen molar-refractivity contribution in [3.05, 3.63) is 64.7 Å². The normalized spacial score (nSPS) is 15.9. The van der Waals surface area contributed by atoms with Crippen LogP contribution in [0.15, 0.2) is 53.4 Å². The van der Waals surface area contributed by atoms with E-state index in [-0.39, 0.29) is 19.0 Å². The number of hydrogen-bond donors (Lipinski definition) is 0. The van der Waals surface area contributed by atoms with Crippen LogP contribution < -0.4 is 0 Å². The Morgan fingerprint density at radius 1 is 1.07 bits per heavy atom. The van der Waals surface area contributed by atoms with E-state index in [1.165, 1.54) is 21.7 Å². The van der Waals surface area contributed by atoms with Crippen LogP contribution in [0.1, 0.15) is 16.1 Å². The maximum Gasteiger partial charge on any atom is 0.246 e. The number of carbonyl (C=O) groups excluding carboxylic acids is 1. The molecule has 8 heteroatoms. The van der Waals surface area contributed by atoms with Gasteiger partial charge >= 0.3 is 0 Å². The Labute approximate surface area is 180 Å². The molecule has 4 rings (SSSR count). The summed E-state index contributed by atoms with van der Waals surface area (Å²) in [5.41, 5.74) is 2.69. The Morgan fingerprint density at radius 2 is 1.80 bits per heavy atom. The zero-order chi connectivity index (χ0) is 21.3. The van der Waals surface area contributed by atoms with Gasteiger partial charge in [-0.25, -0.2) is 13.4 Å².